The minimum absolute atomic E-state index is 0. The molecule has 0 aromatic rings. The minimum Gasteiger partial charge on any atom is -0.264 e. The van der Waals surface area contributed by atoms with Crippen molar-refractivity contribution in [3.8, 4) is 0 Å². The number of hydrogen-bond donors (Lipinski definition) is 2. The normalized spacial score (nSPS) is 8.29. The second-order valence-corrected chi connectivity index (χ2v) is 1.34. The topological polar surface area (TPSA) is 74.6 Å². The summed E-state index contributed by atoms with van der Waals surface area (Å²) in [5, 5.41) is 0. The Labute approximate surface area is 64.0 Å². The molecule has 0 amide bonds. The molecule has 1 unspecified atom stereocenters. The Hall–Kier alpha value is 1.18. The monoisotopic (exact) mass is 222 g/mol. The molecule has 0 aromatic carbocycles. The first-order valence-electron chi connectivity index (χ1n) is 0.698. The molecule has 0 fully saturated rings. The molecule has 0 aliphatic rings. The molecule has 0 bridgehead atoms. The fourth-order valence-corrected chi connectivity index (χ4v) is 0. The van der Waals surface area contributed by atoms with Crippen LogP contribution in [0.3, 0.4) is 0 Å². The second kappa shape index (κ2) is 5.32. The van der Waals surface area contributed by atoms with Gasteiger partial charge in [0.1, 0.15) is 0 Å². The van der Waals surface area contributed by atoms with Crippen molar-refractivity contribution in [3.63, 3.8) is 0 Å². The Kier molecular flexibility index (Phi) is 11.9. The van der Waals surface area contributed by atoms with E-state index in [2.05, 4.69) is 0 Å². The van der Waals surface area contributed by atoms with Crippen LogP contribution in [-0.2, 0) is 36.6 Å². The van der Waals surface area contributed by atoms with Crippen molar-refractivity contribution in [2.45, 2.75) is 0 Å². The summed E-state index contributed by atoms with van der Waals surface area (Å²) in [6.45, 7) is 0. The van der Waals surface area contributed by atoms with Gasteiger partial charge in [-0.25, -0.2) is 0 Å². The van der Waals surface area contributed by atoms with E-state index in [1.165, 1.54) is 0 Å². The molecule has 0 aliphatic carbocycles. The summed E-state index contributed by atoms with van der Waals surface area (Å²) in [4.78, 5) is 0. The van der Waals surface area contributed by atoms with Crippen LogP contribution in [0.4, 0.5) is 0 Å². The molecule has 0 aliphatic heterocycles. The van der Waals surface area contributed by atoms with Gasteiger partial charge in [-0.2, -0.15) is 18.3 Å². The number of rotatable bonds is 0. The summed E-state index contributed by atoms with van der Waals surface area (Å²) in [5.74, 6) is 0. The van der Waals surface area contributed by atoms with E-state index in [9.17, 15) is 0 Å². The van der Waals surface area contributed by atoms with Crippen molar-refractivity contribution in [1.29, 1.82) is 0 Å². The summed E-state index contributed by atoms with van der Waals surface area (Å²) in [6.07, 6.45) is 0. The third kappa shape index (κ3) is 138. The van der Waals surface area contributed by atoms with Crippen molar-refractivity contribution in [1.82, 2.24) is 0 Å². The van der Waals surface area contributed by atoms with Crippen LogP contribution in [0.15, 0.2) is 0 Å². The molecular weight excluding hydrogens is 218 g/mol. The maximum atomic E-state index is 8.74. The summed E-state index contributed by atoms with van der Waals surface area (Å²) >= 11 is 0. The molecule has 0 aromatic heterocycles. The average molecular weight is 223 g/mol. The first kappa shape index (κ1) is 15.7. The van der Waals surface area contributed by atoms with Gasteiger partial charge >= 0.3 is 10.4 Å². The van der Waals surface area contributed by atoms with E-state index in [0.29, 0.717) is 0 Å². The van der Waals surface area contributed by atoms with E-state index < -0.39 is 10.4 Å². The first-order valence-corrected chi connectivity index (χ1v) is 2.10. The van der Waals surface area contributed by atoms with E-state index >= 15 is 0 Å². The first-order chi connectivity index (χ1) is 2.00. The quantitative estimate of drug-likeness (QED) is 0.425. The van der Waals surface area contributed by atoms with Crippen LogP contribution in [-0.4, -0.2) is 17.5 Å². The zero-order valence-electron chi connectivity index (χ0n) is 3.33. The van der Waals surface area contributed by atoms with Crippen LogP contribution < -0.4 is 0 Å². The van der Waals surface area contributed by atoms with Crippen LogP contribution >= 0.6 is 9.90 Å². The SMILES string of the molecule is O=S(=O)(O)O.P.[Zr]. The van der Waals surface area contributed by atoms with Crippen molar-refractivity contribution in [2.24, 2.45) is 0 Å². The fourth-order valence-electron chi connectivity index (χ4n) is 0. The Morgan fingerprint density at radius 2 is 1.14 bits per heavy atom. The summed E-state index contributed by atoms with van der Waals surface area (Å²) in [6, 6.07) is 0. The van der Waals surface area contributed by atoms with Gasteiger partial charge in [0.05, 0.1) is 0 Å². The van der Waals surface area contributed by atoms with Crippen LogP contribution in [0.1, 0.15) is 0 Å². The number of hydrogen-bond acceptors (Lipinski definition) is 2. The molecule has 0 spiro atoms. The van der Waals surface area contributed by atoms with Gasteiger partial charge in [0.15, 0.2) is 0 Å². The van der Waals surface area contributed by atoms with E-state index in [4.69, 9.17) is 17.5 Å². The van der Waals surface area contributed by atoms with Gasteiger partial charge in [-0.05, 0) is 0 Å². The Morgan fingerprint density at radius 1 is 1.14 bits per heavy atom. The predicted molar refractivity (Wildman–Crippen MR) is 25.3 cm³/mol. The van der Waals surface area contributed by atoms with Gasteiger partial charge in [0, 0.05) is 26.2 Å². The molecule has 7 heavy (non-hydrogen) atoms. The van der Waals surface area contributed by atoms with Gasteiger partial charge in [0.2, 0.25) is 0 Å². The summed E-state index contributed by atoms with van der Waals surface area (Å²) < 4.78 is 31.6. The minimum atomic E-state index is -4.67. The van der Waals surface area contributed by atoms with Crippen LogP contribution in [0.2, 0.25) is 0 Å². The zero-order chi connectivity index (χ0) is 4.50. The molecule has 0 heterocycles. The maximum Gasteiger partial charge on any atom is 0.394 e. The maximum absolute atomic E-state index is 8.74. The molecule has 4 nitrogen and oxygen atoms in total. The third-order valence-electron chi connectivity index (χ3n) is 0. The zero-order valence-corrected chi connectivity index (χ0v) is 8.02. The van der Waals surface area contributed by atoms with Gasteiger partial charge in [-0.15, -0.1) is 0 Å². The van der Waals surface area contributed by atoms with Crippen LogP contribution in [0.5, 0.6) is 0 Å². The van der Waals surface area contributed by atoms with Crippen molar-refractivity contribution in [3.05, 3.63) is 0 Å². The molecule has 0 saturated heterocycles. The third-order valence-corrected chi connectivity index (χ3v) is 0. The van der Waals surface area contributed by atoms with Crippen molar-refractivity contribution in [2.75, 3.05) is 0 Å². The molecule has 0 saturated carbocycles. The summed E-state index contributed by atoms with van der Waals surface area (Å²) in [5.41, 5.74) is 0. The standard InChI is InChI=1S/H2O4S.H3P.Zr/c1-5(2,3)4;;/h(H2,1,2,3,4);1H3;. The predicted octanol–water partition coefficient (Wildman–Crippen LogP) is -0.597. The van der Waals surface area contributed by atoms with E-state index in [0.717, 1.165) is 0 Å². The molecular formula is H5O4PSZr. The summed E-state index contributed by atoms with van der Waals surface area (Å²) in [7, 11) is -4.67. The van der Waals surface area contributed by atoms with Gasteiger partial charge in [0.25, 0.3) is 0 Å². The van der Waals surface area contributed by atoms with Crippen molar-refractivity contribution < 1.29 is 43.7 Å². The molecule has 1 atom stereocenters. The van der Waals surface area contributed by atoms with Gasteiger partial charge in [-0.3, -0.25) is 9.11 Å². The molecule has 0 radical (unpaired) electrons. The van der Waals surface area contributed by atoms with Gasteiger partial charge in [-0.1, -0.05) is 0 Å². The Bertz CT molecular complexity index is 94.9. The smallest absolute Gasteiger partial charge is 0.264 e. The second-order valence-electron chi connectivity index (χ2n) is 0.448. The largest absolute Gasteiger partial charge is 0.394 e. The van der Waals surface area contributed by atoms with Crippen LogP contribution in [0, 0.1) is 0 Å². The molecule has 44 valence electrons. The Morgan fingerprint density at radius 3 is 1.14 bits per heavy atom. The van der Waals surface area contributed by atoms with E-state index in [1.807, 2.05) is 0 Å². The van der Waals surface area contributed by atoms with Crippen LogP contribution in [0.25, 0.3) is 0 Å². The molecule has 0 rings (SSSR count). The van der Waals surface area contributed by atoms with Crippen molar-refractivity contribution >= 4 is 20.3 Å². The van der Waals surface area contributed by atoms with E-state index in [1.54, 1.807) is 0 Å². The average Bonchev–Trinajstić information content (AvgIpc) is 0.722. The van der Waals surface area contributed by atoms with E-state index in [-0.39, 0.29) is 36.1 Å². The molecule has 2 N–H and O–H groups in total. The van der Waals surface area contributed by atoms with Gasteiger partial charge < -0.3 is 0 Å². The molecule has 7 heteroatoms. The fraction of sp³-hybridized carbons (Fsp3) is 0. The Balaban J connectivity index is -0.0000000800.